The molecular weight excluding hydrogens is 288 g/mol. The molecule has 2 rings (SSSR count). The molecule has 0 fully saturated rings. The van der Waals surface area contributed by atoms with Gasteiger partial charge in [0.15, 0.2) is 0 Å². The highest BCUT2D eigenvalue weighted by Gasteiger charge is 2.20. The Morgan fingerprint density at radius 2 is 2.00 bits per heavy atom. The fourth-order valence-corrected chi connectivity index (χ4v) is 3.77. The van der Waals surface area contributed by atoms with E-state index >= 15 is 0 Å². The third kappa shape index (κ3) is 3.43. The Morgan fingerprint density at radius 3 is 2.62 bits per heavy atom. The van der Waals surface area contributed by atoms with E-state index in [0.29, 0.717) is 29.8 Å². The lowest BCUT2D eigenvalue weighted by Crippen LogP contribution is -2.27. The van der Waals surface area contributed by atoms with Crippen LogP contribution in [0.1, 0.15) is 16.8 Å². The van der Waals surface area contributed by atoms with Gasteiger partial charge in [0, 0.05) is 31.9 Å². The standard InChI is InChI=1S/C14H20N4O2S/c1-10-4-5-13(15)11(2)14(10)21(19,20)16-8-6-12-7-9-18(3)17-12/h4-5,7,9,16H,6,8,15H2,1-3H3. The lowest BCUT2D eigenvalue weighted by atomic mass is 10.1. The Labute approximate surface area is 125 Å². The Balaban J connectivity index is 2.14. The summed E-state index contributed by atoms with van der Waals surface area (Å²) in [6.45, 7) is 3.78. The van der Waals surface area contributed by atoms with Gasteiger partial charge in [-0.05, 0) is 37.1 Å². The van der Waals surface area contributed by atoms with Crippen LogP contribution in [0.3, 0.4) is 0 Å². The first-order valence-corrected chi connectivity index (χ1v) is 8.13. The maximum absolute atomic E-state index is 12.4. The molecule has 0 aliphatic heterocycles. The van der Waals surface area contributed by atoms with E-state index in [1.165, 1.54) is 0 Å². The molecule has 2 aromatic rings. The lowest BCUT2D eigenvalue weighted by molar-refractivity contribution is 0.579. The number of hydrogen-bond donors (Lipinski definition) is 2. The number of aryl methyl sites for hydroxylation is 2. The number of nitrogen functional groups attached to an aromatic ring is 1. The number of aromatic nitrogens is 2. The number of rotatable bonds is 5. The van der Waals surface area contributed by atoms with E-state index in [1.807, 2.05) is 19.3 Å². The van der Waals surface area contributed by atoms with E-state index in [2.05, 4.69) is 9.82 Å². The molecule has 7 heteroatoms. The highest BCUT2D eigenvalue weighted by atomic mass is 32.2. The fraction of sp³-hybridized carbons (Fsp3) is 0.357. The van der Waals surface area contributed by atoms with E-state index in [0.717, 1.165) is 5.69 Å². The molecule has 6 nitrogen and oxygen atoms in total. The Bertz CT molecular complexity index is 750. The van der Waals surface area contributed by atoms with Crippen LogP contribution in [-0.4, -0.2) is 24.7 Å². The van der Waals surface area contributed by atoms with E-state index in [1.54, 1.807) is 30.7 Å². The third-order valence-electron chi connectivity index (χ3n) is 3.36. The first-order valence-electron chi connectivity index (χ1n) is 6.65. The van der Waals surface area contributed by atoms with Crippen LogP contribution in [0.15, 0.2) is 29.3 Å². The van der Waals surface area contributed by atoms with Gasteiger partial charge in [-0.1, -0.05) is 6.07 Å². The summed E-state index contributed by atoms with van der Waals surface area (Å²) in [6, 6.07) is 5.30. The molecule has 0 aliphatic carbocycles. The molecular formula is C14H20N4O2S. The van der Waals surface area contributed by atoms with E-state index in [4.69, 9.17) is 5.73 Å². The highest BCUT2D eigenvalue weighted by molar-refractivity contribution is 7.89. The number of hydrogen-bond acceptors (Lipinski definition) is 4. The summed E-state index contributed by atoms with van der Waals surface area (Å²) >= 11 is 0. The maximum Gasteiger partial charge on any atom is 0.241 e. The second kappa shape index (κ2) is 5.87. The van der Waals surface area contributed by atoms with E-state index in [9.17, 15) is 8.42 Å². The molecule has 0 spiro atoms. The smallest absolute Gasteiger partial charge is 0.241 e. The second-order valence-corrected chi connectivity index (χ2v) is 6.76. The molecule has 0 saturated heterocycles. The van der Waals surface area contributed by atoms with Crippen molar-refractivity contribution in [2.45, 2.75) is 25.2 Å². The zero-order chi connectivity index (χ0) is 15.6. The third-order valence-corrected chi connectivity index (χ3v) is 5.11. The summed E-state index contributed by atoms with van der Waals surface area (Å²) in [4.78, 5) is 0.267. The van der Waals surface area contributed by atoms with Gasteiger partial charge in [0.05, 0.1) is 10.6 Å². The first kappa shape index (κ1) is 15.5. The minimum absolute atomic E-state index is 0.267. The quantitative estimate of drug-likeness (QED) is 0.811. The molecule has 0 saturated carbocycles. The topological polar surface area (TPSA) is 90.0 Å². The van der Waals surface area contributed by atoms with E-state index < -0.39 is 10.0 Å². The average molecular weight is 308 g/mol. The van der Waals surface area contributed by atoms with E-state index in [-0.39, 0.29) is 4.90 Å². The van der Waals surface area contributed by atoms with Gasteiger partial charge in [-0.2, -0.15) is 5.10 Å². The fourth-order valence-electron chi connectivity index (χ4n) is 2.24. The summed E-state index contributed by atoms with van der Waals surface area (Å²) in [6.07, 6.45) is 2.37. The molecule has 0 unspecified atom stereocenters. The maximum atomic E-state index is 12.4. The number of benzene rings is 1. The lowest BCUT2D eigenvalue weighted by Gasteiger charge is -2.13. The Morgan fingerprint density at radius 1 is 1.29 bits per heavy atom. The summed E-state index contributed by atoms with van der Waals surface area (Å²) in [5.74, 6) is 0. The molecule has 21 heavy (non-hydrogen) atoms. The van der Waals surface area contributed by atoms with Crippen molar-refractivity contribution < 1.29 is 8.42 Å². The van der Waals surface area contributed by atoms with Crippen molar-refractivity contribution >= 4 is 15.7 Å². The predicted molar refractivity (Wildman–Crippen MR) is 82.4 cm³/mol. The van der Waals surface area contributed by atoms with Crippen molar-refractivity contribution in [2.75, 3.05) is 12.3 Å². The van der Waals surface area contributed by atoms with Crippen LogP contribution >= 0.6 is 0 Å². The van der Waals surface area contributed by atoms with Crippen LogP contribution in [0.5, 0.6) is 0 Å². The van der Waals surface area contributed by atoms with Gasteiger partial charge in [-0.25, -0.2) is 13.1 Å². The minimum Gasteiger partial charge on any atom is -0.398 e. The second-order valence-electron chi connectivity index (χ2n) is 5.05. The number of nitrogens with one attached hydrogen (secondary N) is 1. The zero-order valence-electron chi connectivity index (χ0n) is 12.4. The van der Waals surface area contributed by atoms with Crippen molar-refractivity contribution in [1.82, 2.24) is 14.5 Å². The number of sulfonamides is 1. The molecule has 3 N–H and O–H groups in total. The molecule has 0 amide bonds. The molecule has 1 aromatic heterocycles. The van der Waals surface area contributed by atoms with Gasteiger partial charge in [0.25, 0.3) is 0 Å². The van der Waals surface area contributed by atoms with Crippen LogP contribution < -0.4 is 10.5 Å². The Kier molecular flexibility index (Phi) is 4.34. The van der Waals surface area contributed by atoms with Crippen LogP contribution in [0.2, 0.25) is 0 Å². The molecule has 0 bridgehead atoms. The first-order chi connectivity index (χ1) is 9.81. The van der Waals surface area contributed by atoms with Gasteiger partial charge in [0.2, 0.25) is 10.0 Å². The SMILES string of the molecule is Cc1ccc(N)c(C)c1S(=O)(=O)NCCc1ccn(C)n1. The number of nitrogens with two attached hydrogens (primary N) is 1. The van der Waals surface area contributed by atoms with Crippen LogP contribution in [0.25, 0.3) is 0 Å². The largest absolute Gasteiger partial charge is 0.398 e. The van der Waals surface area contributed by atoms with Gasteiger partial charge < -0.3 is 5.73 Å². The Hall–Kier alpha value is -1.86. The van der Waals surface area contributed by atoms with Crippen molar-refractivity contribution in [3.63, 3.8) is 0 Å². The number of nitrogens with zero attached hydrogens (tertiary/aromatic N) is 2. The summed E-state index contributed by atoms with van der Waals surface area (Å²) in [7, 11) is -1.75. The van der Waals surface area contributed by atoms with Crippen molar-refractivity contribution in [3.05, 3.63) is 41.2 Å². The van der Waals surface area contributed by atoms with Gasteiger partial charge in [-0.15, -0.1) is 0 Å². The zero-order valence-corrected chi connectivity index (χ0v) is 13.2. The average Bonchev–Trinajstić information content (AvgIpc) is 2.80. The van der Waals surface area contributed by atoms with Gasteiger partial charge in [-0.3, -0.25) is 4.68 Å². The summed E-state index contributed by atoms with van der Waals surface area (Å²) in [5, 5.41) is 4.21. The predicted octanol–water partition coefficient (Wildman–Crippen LogP) is 1.14. The van der Waals surface area contributed by atoms with Crippen LogP contribution in [0, 0.1) is 13.8 Å². The van der Waals surface area contributed by atoms with Crippen LogP contribution in [-0.2, 0) is 23.5 Å². The molecule has 0 radical (unpaired) electrons. The molecule has 1 heterocycles. The number of anilines is 1. The summed E-state index contributed by atoms with van der Waals surface area (Å²) < 4.78 is 29.2. The van der Waals surface area contributed by atoms with Gasteiger partial charge in [0.1, 0.15) is 0 Å². The molecule has 1 aromatic carbocycles. The molecule has 0 aliphatic rings. The minimum atomic E-state index is -3.57. The summed E-state index contributed by atoms with van der Waals surface area (Å²) in [5.41, 5.74) is 8.40. The van der Waals surface area contributed by atoms with Crippen molar-refractivity contribution in [1.29, 1.82) is 0 Å². The molecule has 114 valence electrons. The highest BCUT2D eigenvalue weighted by Crippen LogP contribution is 2.24. The van der Waals surface area contributed by atoms with Crippen LogP contribution in [0.4, 0.5) is 5.69 Å². The van der Waals surface area contributed by atoms with Gasteiger partial charge >= 0.3 is 0 Å². The molecule has 0 atom stereocenters. The van der Waals surface area contributed by atoms with Crippen molar-refractivity contribution in [2.24, 2.45) is 7.05 Å². The van der Waals surface area contributed by atoms with Crippen molar-refractivity contribution in [3.8, 4) is 0 Å². The normalized spacial score (nSPS) is 11.8. The monoisotopic (exact) mass is 308 g/mol.